The Morgan fingerprint density at radius 3 is 1.88 bits per heavy atom. The first-order valence-corrected chi connectivity index (χ1v) is 27.0. The highest BCUT2D eigenvalue weighted by Crippen LogP contribution is 2.46. The Morgan fingerprint density at radius 2 is 1.31 bits per heavy atom. The van der Waals surface area contributed by atoms with Crippen LogP contribution in [0.25, 0.3) is 4.85 Å². The van der Waals surface area contributed by atoms with Crippen LogP contribution in [0.4, 0.5) is 0 Å². The van der Waals surface area contributed by atoms with Gasteiger partial charge in [0.05, 0.1) is 27.4 Å². The maximum Gasteiger partial charge on any atom is 0.303 e. The fourth-order valence-electron chi connectivity index (χ4n) is 8.90. The Morgan fingerprint density at radius 1 is 0.730 bits per heavy atom. The monoisotopic (exact) mass is 1050 g/mol. The lowest BCUT2D eigenvalue weighted by Gasteiger charge is -2.43. The second-order valence-electron chi connectivity index (χ2n) is 18.9. The second-order valence-corrected chi connectivity index (χ2v) is 20.3. The van der Waals surface area contributed by atoms with Gasteiger partial charge in [0, 0.05) is 76.8 Å². The molecule has 3 aromatic rings. The van der Waals surface area contributed by atoms with Crippen molar-refractivity contribution in [2.24, 2.45) is 11.8 Å². The fourth-order valence-corrected chi connectivity index (χ4v) is 10.5. The first-order valence-electron chi connectivity index (χ1n) is 25.8. The summed E-state index contributed by atoms with van der Waals surface area (Å²) in [6.07, 6.45) is 1.06. The van der Waals surface area contributed by atoms with Gasteiger partial charge in [-0.1, -0.05) is 68.4 Å². The molecule has 2 amide bonds. The first kappa shape index (κ1) is 61.4. The van der Waals surface area contributed by atoms with E-state index in [1.54, 1.807) is 19.1 Å². The van der Waals surface area contributed by atoms with E-state index in [4.69, 9.17) is 48.8 Å². The van der Waals surface area contributed by atoms with Crippen LogP contribution in [0.5, 0.6) is 11.5 Å². The molecule has 1 fully saturated rings. The Hall–Kier alpha value is -5.18. The van der Waals surface area contributed by atoms with Crippen molar-refractivity contribution >= 4 is 32.3 Å². The summed E-state index contributed by atoms with van der Waals surface area (Å²) in [6, 6.07) is 25.9. The van der Waals surface area contributed by atoms with Crippen molar-refractivity contribution in [3.05, 3.63) is 107 Å². The Balaban J connectivity index is 1.39. The SMILES string of the molecule is [C-]#[N+]CCOP(OCCN(CCOC(c1ccccc1)(c1ccc(OC)cc1)c1ccc(OC)cc1)C(=O)CCCCNC(=O)CCCCOC1OC(COC(C)=O)C(OC(C)=O)C(C)C1C)N(C(C)C)C(C)C. The fraction of sp³-hybridized carbons (Fsp3) is 0.589. The van der Waals surface area contributed by atoms with Crippen molar-refractivity contribution in [3.8, 4) is 11.5 Å². The predicted molar refractivity (Wildman–Crippen MR) is 283 cm³/mol. The van der Waals surface area contributed by atoms with Crippen molar-refractivity contribution in [2.45, 2.75) is 130 Å². The molecule has 1 heterocycles. The van der Waals surface area contributed by atoms with Gasteiger partial charge >= 0.3 is 11.9 Å². The molecule has 0 spiro atoms. The van der Waals surface area contributed by atoms with E-state index >= 15 is 0 Å². The van der Waals surface area contributed by atoms with Gasteiger partial charge in [0.15, 0.2) is 6.29 Å². The van der Waals surface area contributed by atoms with Crippen LogP contribution < -0.4 is 14.8 Å². The lowest BCUT2D eigenvalue weighted by atomic mass is 9.80. The topological polar surface area (TPSA) is 174 Å². The van der Waals surface area contributed by atoms with E-state index in [0.29, 0.717) is 56.8 Å². The highest BCUT2D eigenvalue weighted by Gasteiger charge is 2.44. The Bertz CT molecular complexity index is 2120. The average molecular weight is 1050 g/mol. The summed E-state index contributed by atoms with van der Waals surface area (Å²) in [5.41, 5.74) is 1.57. The minimum absolute atomic E-state index is 0.0617. The van der Waals surface area contributed by atoms with Crippen LogP contribution in [0.15, 0.2) is 78.9 Å². The van der Waals surface area contributed by atoms with Gasteiger partial charge in [-0.25, -0.2) is 11.2 Å². The van der Waals surface area contributed by atoms with E-state index in [-0.39, 0.29) is 88.2 Å². The largest absolute Gasteiger partial charge is 0.497 e. The Kier molecular flexibility index (Phi) is 26.8. The number of amides is 2. The van der Waals surface area contributed by atoms with E-state index in [1.807, 2.05) is 92.7 Å². The number of unbranched alkanes of at least 4 members (excludes halogenated alkanes) is 2. The molecular formula is C56H81N4O13P. The summed E-state index contributed by atoms with van der Waals surface area (Å²) in [6.45, 7) is 24.2. The van der Waals surface area contributed by atoms with Crippen molar-refractivity contribution in [3.63, 3.8) is 0 Å². The van der Waals surface area contributed by atoms with E-state index in [1.165, 1.54) is 13.8 Å². The van der Waals surface area contributed by atoms with Crippen LogP contribution in [-0.2, 0) is 57.5 Å². The van der Waals surface area contributed by atoms with Gasteiger partial charge in [-0.05, 0) is 94.3 Å². The molecule has 1 N–H and O–H groups in total. The number of carbonyl (C=O) groups excluding carboxylic acids is 4. The van der Waals surface area contributed by atoms with E-state index in [2.05, 4.69) is 42.5 Å². The number of hydrogen-bond donors (Lipinski definition) is 1. The van der Waals surface area contributed by atoms with Gasteiger partial charge in [0.25, 0.3) is 8.53 Å². The maximum atomic E-state index is 14.2. The standard InChI is InChI=1S/C56H81N4O13P/c1-40(2)60(41(3)4)74(70-36-32-57-9)71-38-34-59(33-37-69-56(46-19-13-12-14-20-46,47-23-27-49(65-10)28-24-47)48-25-29-50(66-11)30-26-48)53(64)22-15-17-31-58-52(63)21-16-18-35-67-55-43(6)42(5)54(72-45(8)62)51(73-55)39-68-44(7)61/h12-14,19-20,23-30,40-43,51,54-55H,15-18,21-22,31-39H2,1-8,10-11H3,(H,58,63). The van der Waals surface area contributed by atoms with Gasteiger partial charge in [-0.15, -0.1) is 0 Å². The molecule has 408 valence electrons. The zero-order chi connectivity index (χ0) is 54.0. The van der Waals surface area contributed by atoms with Gasteiger partial charge in [-0.3, -0.25) is 19.2 Å². The summed E-state index contributed by atoms with van der Waals surface area (Å²) >= 11 is 0. The zero-order valence-corrected chi connectivity index (χ0v) is 46.1. The number of carbonyl (C=O) groups is 4. The van der Waals surface area contributed by atoms with E-state index < -0.39 is 44.6 Å². The molecule has 1 saturated heterocycles. The highest BCUT2D eigenvalue weighted by molar-refractivity contribution is 7.44. The summed E-state index contributed by atoms with van der Waals surface area (Å²) in [5, 5.41) is 2.99. The number of hydrogen-bond acceptors (Lipinski definition) is 14. The minimum atomic E-state index is -1.52. The molecular weight excluding hydrogens is 968 g/mol. The molecule has 6 unspecified atom stereocenters. The summed E-state index contributed by atoms with van der Waals surface area (Å²) in [4.78, 5) is 55.7. The summed E-state index contributed by atoms with van der Waals surface area (Å²) in [5.74, 6) is 0.133. The molecule has 0 aromatic heterocycles. The summed E-state index contributed by atoms with van der Waals surface area (Å²) < 4.78 is 55.9. The quantitative estimate of drug-likeness (QED) is 0.0201. The van der Waals surface area contributed by atoms with Gasteiger partial charge in [-0.2, -0.15) is 0 Å². The molecule has 17 nitrogen and oxygen atoms in total. The predicted octanol–water partition coefficient (Wildman–Crippen LogP) is 9.10. The van der Waals surface area contributed by atoms with Crippen molar-refractivity contribution in [1.82, 2.24) is 14.9 Å². The second kappa shape index (κ2) is 32.3. The zero-order valence-electron chi connectivity index (χ0n) is 45.2. The van der Waals surface area contributed by atoms with E-state index in [9.17, 15) is 19.2 Å². The number of methoxy groups -OCH3 is 2. The van der Waals surface area contributed by atoms with Crippen LogP contribution in [-0.4, -0.2) is 137 Å². The molecule has 0 bridgehead atoms. The number of nitrogens with one attached hydrogen (secondary N) is 1. The van der Waals surface area contributed by atoms with Crippen molar-refractivity contribution in [2.75, 3.05) is 73.4 Å². The summed E-state index contributed by atoms with van der Waals surface area (Å²) in [7, 11) is 1.74. The molecule has 4 rings (SSSR count). The third-order valence-electron chi connectivity index (χ3n) is 12.8. The lowest BCUT2D eigenvalue weighted by Crippen LogP contribution is -2.53. The number of nitrogens with zero attached hydrogens (tertiary/aromatic N) is 3. The lowest BCUT2D eigenvalue weighted by molar-refractivity contribution is -0.273. The number of esters is 2. The molecule has 3 aromatic carbocycles. The Labute approximate surface area is 440 Å². The van der Waals surface area contributed by atoms with Gasteiger partial charge in [0.2, 0.25) is 18.4 Å². The van der Waals surface area contributed by atoms with Crippen molar-refractivity contribution < 1.29 is 61.4 Å². The van der Waals surface area contributed by atoms with Crippen LogP contribution in [0, 0.1) is 18.4 Å². The van der Waals surface area contributed by atoms with E-state index in [0.717, 1.165) is 16.7 Å². The molecule has 74 heavy (non-hydrogen) atoms. The van der Waals surface area contributed by atoms with Crippen molar-refractivity contribution in [1.29, 1.82) is 0 Å². The smallest absolute Gasteiger partial charge is 0.303 e. The van der Waals surface area contributed by atoms with Crippen LogP contribution in [0.1, 0.15) is 111 Å². The van der Waals surface area contributed by atoms with Crippen LogP contribution >= 0.6 is 8.53 Å². The molecule has 6 atom stereocenters. The molecule has 0 saturated carbocycles. The third kappa shape index (κ3) is 18.9. The number of ether oxygens (including phenoxy) is 7. The molecule has 0 radical (unpaired) electrons. The number of rotatable bonds is 33. The molecule has 1 aliphatic heterocycles. The normalized spacial score (nSPS) is 18.1. The molecule has 1 aliphatic rings. The first-order chi connectivity index (χ1) is 35.6. The van der Waals surface area contributed by atoms with Gasteiger partial charge in [0.1, 0.15) is 42.5 Å². The molecule has 0 aliphatic carbocycles. The average Bonchev–Trinajstić information content (AvgIpc) is 3.38. The van der Waals surface area contributed by atoms with Gasteiger partial charge < -0.3 is 57.3 Å². The third-order valence-corrected chi connectivity index (χ3v) is 15.0. The highest BCUT2D eigenvalue weighted by atomic mass is 31.2. The maximum absolute atomic E-state index is 14.2. The minimum Gasteiger partial charge on any atom is -0.497 e. The van der Waals surface area contributed by atoms with Crippen LogP contribution in [0.3, 0.4) is 0 Å². The number of benzene rings is 3. The molecule has 18 heteroatoms. The van der Waals surface area contributed by atoms with Crippen LogP contribution in [0.2, 0.25) is 0 Å².